The third-order valence-electron chi connectivity index (χ3n) is 2.49. The number of thiophene rings is 1. The van der Waals surface area contributed by atoms with E-state index >= 15 is 0 Å². The Morgan fingerprint density at radius 2 is 2.40 bits per heavy atom. The summed E-state index contributed by atoms with van der Waals surface area (Å²) >= 11 is 8.50. The Morgan fingerprint density at radius 1 is 1.67 bits per heavy atom. The van der Waals surface area contributed by atoms with Crippen molar-refractivity contribution in [3.63, 3.8) is 0 Å². The van der Waals surface area contributed by atoms with Gasteiger partial charge in [0.25, 0.3) is 5.91 Å². The summed E-state index contributed by atoms with van der Waals surface area (Å²) in [5.74, 6) is 0.163. The van der Waals surface area contributed by atoms with E-state index < -0.39 is 0 Å². The quantitative estimate of drug-likeness (QED) is 0.709. The smallest absolute Gasteiger partial charge is 0.264 e. The van der Waals surface area contributed by atoms with Crippen LogP contribution in [0.25, 0.3) is 0 Å². The predicted octanol–water partition coefficient (Wildman–Crippen LogP) is 3.43. The molecule has 0 bridgehead atoms. The Kier molecular flexibility index (Phi) is 3.52. The van der Waals surface area contributed by atoms with Crippen LogP contribution in [0, 0.1) is 6.92 Å². The van der Waals surface area contributed by atoms with Crippen LogP contribution in [0.3, 0.4) is 0 Å². The normalized spacial score (nSPS) is 21.0. The molecule has 0 N–H and O–H groups in total. The molecule has 15 heavy (non-hydrogen) atoms. The minimum absolute atomic E-state index is 0.163. The Balaban J connectivity index is 2.14. The third-order valence-corrected chi connectivity index (χ3v) is 5.36. The highest BCUT2D eigenvalue weighted by atomic mass is 79.9. The van der Waals surface area contributed by atoms with E-state index in [0.29, 0.717) is 4.83 Å². The molecule has 1 saturated heterocycles. The van der Waals surface area contributed by atoms with Crippen molar-refractivity contribution < 1.29 is 4.79 Å². The largest absolute Gasteiger partial charge is 0.337 e. The third kappa shape index (κ3) is 2.45. The maximum atomic E-state index is 12.1. The first-order chi connectivity index (χ1) is 7.08. The lowest BCUT2D eigenvalue weighted by atomic mass is 10.3. The number of nitrogens with zero attached hydrogens (tertiary/aromatic N) is 1. The number of carbonyl (C=O) groups is 1. The fraction of sp³-hybridized carbons (Fsp3) is 0.500. The molecule has 1 aromatic heterocycles. The fourth-order valence-electron chi connectivity index (χ4n) is 1.62. The van der Waals surface area contributed by atoms with E-state index in [2.05, 4.69) is 31.9 Å². The highest BCUT2D eigenvalue weighted by Crippen LogP contribution is 2.29. The van der Waals surface area contributed by atoms with E-state index in [9.17, 15) is 4.79 Å². The summed E-state index contributed by atoms with van der Waals surface area (Å²) in [5.41, 5.74) is 1.14. The first-order valence-corrected chi connectivity index (χ1v) is 7.29. The minimum atomic E-state index is 0.163. The second kappa shape index (κ2) is 4.55. The number of carbonyl (C=O) groups excluding carboxylic acids is 1. The van der Waals surface area contributed by atoms with Crippen molar-refractivity contribution in [1.82, 2.24) is 4.90 Å². The Hall–Kier alpha value is 0.130. The van der Waals surface area contributed by atoms with Crippen LogP contribution < -0.4 is 0 Å². The molecule has 1 fully saturated rings. The lowest BCUT2D eigenvalue weighted by Crippen LogP contribution is -2.27. The second-order valence-corrected chi connectivity index (χ2v) is 7.37. The van der Waals surface area contributed by atoms with Gasteiger partial charge in [-0.15, -0.1) is 11.3 Å². The maximum absolute atomic E-state index is 12.1. The van der Waals surface area contributed by atoms with Crippen LogP contribution in [0.15, 0.2) is 9.85 Å². The van der Waals surface area contributed by atoms with E-state index in [1.165, 1.54) is 11.3 Å². The topological polar surface area (TPSA) is 20.3 Å². The van der Waals surface area contributed by atoms with Crippen LogP contribution in [-0.2, 0) is 0 Å². The Morgan fingerprint density at radius 3 is 2.87 bits per heavy atom. The van der Waals surface area contributed by atoms with Crippen LogP contribution in [0.4, 0.5) is 0 Å². The van der Waals surface area contributed by atoms with Crippen molar-refractivity contribution in [3.8, 4) is 0 Å². The van der Waals surface area contributed by atoms with Gasteiger partial charge in [0.15, 0.2) is 0 Å². The van der Waals surface area contributed by atoms with Crippen molar-refractivity contribution in [3.05, 3.63) is 20.3 Å². The molecule has 82 valence electrons. The molecule has 2 nitrogen and oxygen atoms in total. The van der Waals surface area contributed by atoms with Gasteiger partial charge < -0.3 is 4.90 Å². The molecule has 0 spiro atoms. The van der Waals surface area contributed by atoms with Crippen LogP contribution in [0.5, 0.6) is 0 Å². The van der Waals surface area contributed by atoms with Crippen molar-refractivity contribution in [2.75, 3.05) is 13.1 Å². The van der Waals surface area contributed by atoms with Crippen LogP contribution in [0.1, 0.15) is 21.7 Å². The van der Waals surface area contributed by atoms with Gasteiger partial charge in [-0.2, -0.15) is 0 Å². The number of aryl methyl sites for hydroxylation is 1. The number of likely N-dealkylation sites (tertiary alicyclic amines) is 1. The average Bonchev–Trinajstić information content (AvgIpc) is 2.74. The molecule has 0 radical (unpaired) electrons. The highest BCUT2D eigenvalue weighted by molar-refractivity contribution is 9.11. The molecule has 2 rings (SSSR count). The second-order valence-electron chi connectivity index (χ2n) is 3.70. The van der Waals surface area contributed by atoms with Crippen molar-refractivity contribution in [1.29, 1.82) is 0 Å². The monoisotopic (exact) mass is 351 g/mol. The van der Waals surface area contributed by atoms with Gasteiger partial charge in [0.1, 0.15) is 0 Å². The van der Waals surface area contributed by atoms with Gasteiger partial charge in [0.2, 0.25) is 0 Å². The molecule has 1 amide bonds. The first kappa shape index (κ1) is 11.6. The number of halogens is 2. The minimum Gasteiger partial charge on any atom is -0.337 e. The SMILES string of the molecule is Cc1cc(C(=O)N2CCC(Br)C2)sc1Br. The molecule has 1 atom stereocenters. The van der Waals surface area contributed by atoms with E-state index in [4.69, 9.17) is 0 Å². The number of alkyl halides is 1. The zero-order chi connectivity index (χ0) is 11.0. The standard InChI is InChI=1S/C10H11Br2NOS/c1-6-4-8(15-9(6)12)10(14)13-3-2-7(11)5-13/h4,7H,2-3,5H2,1H3. The van der Waals surface area contributed by atoms with Crippen molar-refractivity contribution >= 4 is 49.1 Å². The summed E-state index contributed by atoms with van der Waals surface area (Å²) in [5, 5.41) is 0. The highest BCUT2D eigenvalue weighted by Gasteiger charge is 2.26. The van der Waals surface area contributed by atoms with Crippen LogP contribution in [0.2, 0.25) is 0 Å². The number of hydrogen-bond acceptors (Lipinski definition) is 2. The summed E-state index contributed by atoms with van der Waals surface area (Å²) in [6, 6.07) is 1.96. The van der Waals surface area contributed by atoms with E-state index in [1.807, 2.05) is 17.9 Å². The number of rotatable bonds is 1. The molecule has 1 unspecified atom stereocenters. The lowest BCUT2D eigenvalue weighted by molar-refractivity contribution is 0.0798. The average molecular weight is 353 g/mol. The summed E-state index contributed by atoms with van der Waals surface area (Å²) in [6.07, 6.45) is 1.05. The van der Waals surface area contributed by atoms with Gasteiger partial charge in [-0.3, -0.25) is 4.79 Å². The Bertz CT molecular complexity index is 371. The molecule has 0 saturated carbocycles. The first-order valence-electron chi connectivity index (χ1n) is 4.77. The van der Waals surface area contributed by atoms with E-state index in [1.54, 1.807) is 0 Å². The van der Waals surface area contributed by atoms with Gasteiger partial charge in [-0.05, 0) is 40.9 Å². The molecular weight excluding hydrogens is 342 g/mol. The zero-order valence-corrected chi connectivity index (χ0v) is 12.3. The van der Waals surface area contributed by atoms with Crippen molar-refractivity contribution in [2.24, 2.45) is 0 Å². The van der Waals surface area contributed by atoms with Gasteiger partial charge >= 0.3 is 0 Å². The van der Waals surface area contributed by atoms with Gasteiger partial charge in [-0.1, -0.05) is 15.9 Å². The summed E-state index contributed by atoms with van der Waals surface area (Å²) in [4.78, 5) is 15.3. The summed E-state index contributed by atoms with van der Waals surface area (Å²) < 4.78 is 1.06. The van der Waals surface area contributed by atoms with Gasteiger partial charge in [0, 0.05) is 17.9 Å². The number of hydrogen-bond donors (Lipinski definition) is 0. The van der Waals surface area contributed by atoms with Crippen LogP contribution >= 0.6 is 43.2 Å². The predicted molar refractivity (Wildman–Crippen MR) is 70.0 cm³/mol. The molecule has 0 aliphatic carbocycles. The molecular formula is C10H11Br2NOS. The molecule has 1 aromatic rings. The van der Waals surface area contributed by atoms with E-state index in [0.717, 1.165) is 33.7 Å². The summed E-state index contributed by atoms with van der Waals surface area (Å²) in [7, 11) is 0. The number of amides is 1. The van der Waals surface area contributed by atoms with Crippen LogP contribution in [-0.4, -0.2) is 28.7 Å². The molecule has 5 heteroatoms. The maximum Gasteiger partial charge on any atom is 0.264 e. The molecule has 0 aromatic carbocycles. The van der Waals surface area contributed by atoms with Crippen molar-refractivity contribution in [2.45, 2.75) is 18.2 Å². The zero-order valence-electron chi connectivity index (χ0n) is 8.30. The lowest BCUT2D eigenvalue weighted by Gasteiger charge is -2.13. The Labute approximate surface area is 110 Å². The van der Waals surface area contributed by atoms with Gasteiger partial charge in [0.05, 0.1) is 8.66 Å². The fourth-order valence-corrected chi connectivity index (χ4v) is 3.68. The van der Waals surface area contributed by atoms with E-state index in [-0.39, 0.29) is 5.91 Å². The van der Waals surface area contributed by atoms with Gasteiger partial charge in [-0.25, -0.2) is 0 Å². The molecule has 1 aliphatic rings. The molecule has 1 aliphatic heterocycles. The molecule has 2 heterocycles. The summed E-state index contributed by atoms with van der Waals surface area (Å²) in [6.45, 7) is 3.70.